The molecule has 108 valence electrons. The third kappa shape index (κ3) is 1.98. The van der Waals surface area contributed by atoms with Crippen molar-refractivity contribution in [1.29, 1.82) is 0 Å². The molecular formula is C13H16N2O4S. The lowest BCUT2D eigenvalue weighted by Gasteiger charge is -2.08. The Morgan fingerprint density at radius 2 is 2.00 bits per heavy atom. The normalized spacial score (nSPS) is 11.0. The number of rotatable bonds is 3. The number of hydrogen-bond donors (Lipinski definition) is 0. The molecule has 0 radical (unpaired) electrons. The first kappa shape index (κ1) is 14.5. The van der Waals surface area contributed by atoms with Gasteiger partial charge in [0, 0.05) is 18.5 Å². The van der Waals surface area contributed by atoms with Crippen molar-refractivity contribution in [2.75, 3.05) is 7.11 Å². The Hall–Kier alpha value is -1.89. The maximum atomic E-state index is 12.3. The van der Waals surface area contributed by atoms with E-state index in [1.165, 1.54) is 25.5 Å². The number of carbonyl (C=O) groups is 1. The molecule has 0 N–H and O–H groups in total. The molecule has 2 rings (SSSR count). The highest BCUT2D eigenvalue weighted by Gasteiger charge is 2.23. The van der Waals surface area contributed by atoms with Gasteiger partial charge in [0.25, 0.3) is 5.56 Å². The second kappa shape index (κ2) is 5.24. The molecule has 0 saturated heterocycles. The second-order valence-electron chi connectivity index (χ2n) is 4.50. The number of carbonyl (C=O) groups excluding carboxylic acids is 1. The van der Waals surface area contributed by atoms with Gasteiger partial charge in [0.15, 0.2) is 0 Å². The van der Waals surface area contributed by atoms with Crippen molar-refractivity contribution in [1.82, 2.24) is 9.13 Å². The maximum absolute atomic E-state index is 12.3. The lowest BCUT2D eigenvalue weighted by Crippen LogP contribution is -2.38. The van der Waals surface area contributed by atoms with Gasteiger partial charge in [-0.25, -0.2) is 9.59 Å². The van der Waals surface area contributed by atoms with Crippen molar-refractivity contribution in [2.45, 2.75) is 26.8 Å². The molecule has 2 heterocycles. The van der Waals surface area contributed by atoms with Crippen molar-refractivity contribution in [3.05, 3.63) is 31.3 Å². The zero-order chi connectivity index (χ0) is 15.0. The van der Waals surface area contributed by atoms with Gasteiger partial charge in [-0.15, -0.1) is 11.3 Å². The Bertz CT molecular complexity index is 797. The van der Waals surface area contributed by atoms with E-state index >= 15 is 0 Å². The molecule has 0 amide bonds. The number of ether oxygens (including phenoxy) is 1. The molecule has 0 aromatic carbocycles. The van der Waals surface area contributed by atoms with Crippen LogP contribution in [0.15, 0.2) is 9.59 Å². The first-order valence-corrected chi connectivity index (χ1v) is 7.06. The standard InChI is InChI=1S/C13H16N2O4S/c1-5-6-15-11-9(10(16)14(3)13(15)18)8(7(2)20-11)12(17)19-4/h5-6H2,1-4H3. The molecule has 0 saturated carbocycles. The summed E-state index contributed by atoms with van der Waals surface area (Å²) in [5.74, 6) is -0.549. The van der Waals surface area contributed by atoms with E-state index in [9.17, 15) is 14.4 Å². The van der Waals surface area contributed by atoms with Crippen LogP contribution >= 0.6 is 11.3 Å². The highest BCUT2D eigenvalue weighted by molar-refractivity contribution is 7.19. The summed E-state index contributed by atoms with van der Waals surface area (Å²) in [6.07, 6.45) is 0.762. The van der Waals surface area contributed by atoms with E-state index in [0.717, 1.165) is 11.0 Å². The summed E-state index contributed by atoms with van der Waals surface area (Å²) in [4.78, 5) is 37.6. The number of esters is 1. The van der Waals surface area contributed by atoms with Crippen molar-refractivity contribution >= 4 is 27.5 Å². The number of thiophene rings is 1. The average molecular weight is 296 g/mol. The maximum Gasteiger partial charge on any atom is 0.339 e. The van der Waals surface area contributed by atoms with E-state index < -0.39 is 11.5 Å². The molecule has 2 aromatic heterocycles. The van der Waals surface area contributed by atoms with E-state index in [1.54, 1.807) is 11.5 Å². The minimum absolute atomic E-state index is 0.262. The monoisotopic (exact) mass is 296 g/mol. The Morgan fingerprint density at radius 1 is 1.35 bits per heavy atom. The largest absolute Gasteiger partial charge is 0.465 e. The van der Waals surface area contributed by atoms with Crippen LogP contribution in [-0.2, 0) is 18.3 Å². The second-order valence-corrected chi connectivity index (χ2v) is 5.71. The molecule has 0 spiro atoms. The molecular weight excluding hydrogens is 280 g/mol. The Labute approximate surface area is 119 Å². The van der Waals surface area contributed by atoms with Crippen LogP contribution in [0.4, 0.5) is 0 Å². The molecule has 7 heteroatoms. The van der Waals surface area contributed by atoms with Gasteiger partial charge in [0.1, 0.15) is 4.83 Å². The van der Waals surface area contributed by atoms with Crippen molar-refractivity contribution in [2.24, 2.45) is 7.05 Å². The van der Waals surface area contributed by atoms with Crippen LogP contribution in [-0.4, -0.2) is 22.2 Å². The molecule has 6 nitrogen and oxygen atoms in total. The molecule has 0 atom stereocenters. The van der Waals surface area contributed by atoms with Gasteiger partial charge in [-0.1, -0.05) is 6.92 Å². The van der Waals surface area contributed by atoms with Crippen LogP contribution in [0.1, 0.15) is 28.6 Å². The molecule has 20 heavy (non-hydrogen) atoms. The highest BCUT2D eigenvalue weighted by Crippen LogP contribution is 2.28. The number of nitrogens with zero attached hydrogens (tertiary/aromatic N) is 2. The zero-order valence-electron chi connectivity index (χ0n) is 11.8. The first-order chi connectivity index (χ1) is 9.43. The highest BCUT2D eigenvalue weighted by atomic mass is 32.1. The molecule has 0 fully saturated rings. The lowest BCUT2D eigenvalue weighted by molar-refractivity contribution is 0.0602. The molecule has 0 aliphatic carbocycles. The fourth-order valence-corrected chi connectivity index (χ4v) is 3.36. The lowest BCUT2D eigenvalue weighted by atomic mass is 10.2. The topological polar surface area (TPSA) is 70.3 Å². The van der Waals surface area contributed by atoms with Gasteiger partial charge in [0.2, 0.25) is 0 Å². The summed E-state index contributed by atoms with van der Waals surface area (Å²) in [7, 11) is 2.70. The van der Waals surface area contributed by atoms with Crippen molar-refractivity contribution in [3.8, 4) is 0 Å². The van der Waals surface area contributed by atoms with Gasteiger partial charge in [-0.3, -0.25) is 13.9 Å². The Morgan fingerprint density at radius 3 is 2.55 bits per heavy atom. The molecule has 0 aliphatic heterocycles. The van der Waals surface area contributed by atoms with Gasteiger partial charge >= 0.3 is 11.7 Å². The predicted molar refractivity (Wildman–Crippen MR) is 77.7 cm³/mol. The van der Waals surface area contributed by atoms with Crippen molar-refractivity contribution < 1.29 is 9.53 Å². The summed E-state index contributed by atoms with van der Waals surface area (Å²) in [6.45, 7) is 4.20. The van der Waals surface area contributed by atoms with Crippen LogP contribution in [0, 0.1) is 6.92 Å². The fraction of sp³-hybridized carbons (Fsp3) is 0.462. The average Bonchev–Trinajstić information content (AvgIpc) is 2.77. The van der Waals surface area contributed by atoms with E-state index in [1.807, 2.05) is 6.92 Å². The minimum atomic E-state index is -0.549. The SMILES string of the molecule is CCCn1c(=O)n(C)c(=O)c2c(C(=O)OC)c(C)sc21. The number of methoxy groups -OCH3 is 1. The predicted octanol–water partition coefficient (Wildman–Crippen LogP) is 1.27. The number of fused-ring (bicyclic) bond motifs is 1. The van der Waals surface area contributed by atoms with Gasteiger partial charge in [0.05, 0.1) is 18.1 Å². The fourth-order valence-electron chi connectivity index (χ4n) is 2.21. The van der Waals surface area contributed by atoms with E-state index in [2.05, 4.69) is 0 Å². The molecule has 2 aromatic rings. The summed E-state index contributed by atoms with van der Waals surface area (Å²) in [5.41, 5.74) is -0.554. The van der Waals surface area contributed by atoms with E-state index in [4.69, 9.17) is 4.74 Å². The minimum Gasteiger partial charge on any atom is -0.465 e. The summed E-state index contributed by atoms with van der Waals surface area (Å²) >= 11 is 1.27. The van der Waals surface area contributed by atoms with Crippen LogP contribution < -0.4 is 11.2 Å². The van der Waals surface area contributed by atoms with Crippen LogP contribution in [0.5, 0.6) is 0 Å². The quantitative estimate of drug-likeness (QED) is 0.800. The number of aromatic nitrogens is 2. The van der Waals surface area contributed by atoms with Gasteiger partial charge in [-0.2, -0.15) is 0 Å². The van der Waals surface area contributed by atoms with E-state index in [-0.39, 0.29) is 16.6 Å². The smallest absolute Gasteiger partial charge is 0.339 e. The van der Waals surface area contributed by atoms with Crippen molar-refractivity contribution in [3.63, 3.8) is 0 Å². The Balaban J connectivity index is 3.01. The van der Waals surface area contributed by atoms with E-state index in [0.29, 0.717) is 16.3 Å². The molecule has 0 bridgehead atoms. The molecule has 0 unspecified atom stereocenters. The van der Waals surface area contributed by atoms with Crippen LogP contribution in [0.2, 0.25) is 0 Å². The summed E-state index contributed by atoms with van der Waals surface area (Å²) in [6, 6.07) is 0. The Kier molecular flexibility index (Phi) is 3.80. The summed E-state index contributed by atoms with van der Waals surface area (Å²) in [5, 5.41) is 0.273. The van der Waals surface area contributed by atoms with Gasteiger partial charge in [-0.05, 0) is 13.3 Å². The third-order valence-electron chi connectivity index (χ3n) is 3.18. The number of hydrogen-bond acceptors (Lipinski definition) is 5. The van der Waals surface area contributed by atoms with Gasteiger partial charge < -0.3 is 4.74 Å². The first-order valence-electron chi connectivity index (χ1n) is 6.25. The van der Waals surface area contributed by atoms with Crippen LogP contribution in [0.3, 0.4) is 0 Å². The van der Waals surface area contributed by atoms with Crippen LogP contribution in [0.25, 0.3) is 10.2 Å². The summed E-state index contributed by atoms with van der Waals surface area (Å²) < 4.78 is 7.32. The number of aryl methyl sites for hydroxylation is 2. The third-order valence-corrected chi connectivity index (χ3v) is 4.31. The zero-order valence-corrected chi connectivity index (χ0v) is 12.7. The molecule has 0 aliphatic rings.